The lowest BCUT2D eigenvalue weighted by atomic mass is 10.00. The van der Waals surface area contributed by atoms with Crippen LogP contribution in [-0.2, 0) is 85.5 Å². The fraction of sp³-hybridized carbons (Fsp3) is 0.260. The molecule has 145 heavy (non-hydrogen) atoms. The Morgan fingerprint density at radius 3 is 0.883 bits per heavy atom. The van der Waals surface area contributed by atoms with Gasteiger partial charge in [0.05, 0.1) is 139 Å². The number of hydrogen-bond acceptors (Lipinski definition) is 33. The Kier molecular flexibility index (Phi) is 41.5. The molecular weight excluding hydrogens is 1910 g/mol. The van der Waals surface area contributed by atoms with Crippen LogP contribution in [0.1, 0.15) is 155 Å². The number of rotatable bonds is 37. The highest BCUT2D eigenvalue weighted by Gasteiger charge is 2.23. The Morgan fingerprint density at radius 1 is 0.338 bits per heavy atom. The average molecular weight is 2010 g/mol. The highest BCUT2D eigenvalue weighted by Crippen LogP contribution is 2.32. The molecule has 0 aliphatic rings. The number of carboxylic acid groups (broad SMARTS) is 1. The second-order valence-electron chi connectivity index (χ2n) is 30.7. The molecule has 758 valence electrons. The number of aromatic nitrogens is 20. The van der Waals surface area contributed by atoms with Crippen molar-refractivity contribution in [2.75, 3.05) is 83.9 Å². The molecular formula is C100H107ClF5N25O14. The summed E-state index contributed by atoms with van der Waals surface area (Å²) in [5.41, 5.74) is 15.6. The Balaban J connectivity index is 0.000000182. The molecule has 15 aromatic rings. The number of ether oxygens (including phenoxy) is 8. The zero-order valence-electron chi connectivity index (χ0n) is 81.7. The Hall–Kier alpha value is -17.5. The first kappa shape index (κ1) is 110. The lowest BCUT2D eigenvalue weighted by Crippen LogP contribution is -2.06. The average Bonchev–Trinajstić information content (AvgIpc) is 1.65. The summed E-state index contributed by atoms with van der Waals surface area (Å²) >= 11 is 5.59. The summed E-state index contributed by atoms with van der Waals surface area (Å²) in [6, 6.07) is 13.7. The number of nitrogens with zero attached hydrogens (tertiary/aromatic N) is 20. The number of Topliss-reactive ketones (excluding diaryl/α,β-unsaturated/α-hetero) is 1. The minimum Gasteiger partial charge on any atom is -0.494 e. The van der Waals surface area contributed by atoms with Gasteiger partial charge in [-0.3, -0.25) is 28.2 Å². The number of carbonyl (C=O) groups is 5. The number of anilines is 9. The van der Waals surface area contributed by atoms with Crippen LogP contribution in [0.5, 0.6) is 28.7 Å². The molecule has 0 bridgehead atoms. The number of nitrogen functional groups attached to an aromatic ring is 1. The lowest BCUT2D eigenvalue weighted by Gasteiger charge is -2.11. The fourth-order valence-electron chi connectivity index (χ4n) is 13.2. The number of nitrogens with one attached hydrogen (secondary N) is 4. The van der Waals surface area contributed by atoms with Gasteiger partial charge in [-0.1, -0.05) is 31.2 Å². The molecule has 7 N–H and O–H groups in total. The largest absolute Gasteiger partial charge is 0.494 e. The number of esters is 3. The summed E-state index contributed by atoms with van der Waals surface area (Å²) in [4.78, 5) is 100. The van der Waals surface area contributed by atoms with Gasteiger partial charge in [0.1, 0.15) is 0 Å². The van der Waals surface area contributed by atoms with Gasteiger partial charge in [-0.05, 0) is 179 Å². The second-order valence-corrected chi connectivity index (χ2v) is 31.0. The molecule has 0 fully saturated rings. The topological polar surface area (TPSA) is 472 Å². The third kappa shape index (κ3) is 32.3. The van der Waals surface area contributed by atoms with E-state index in [0.29, 0.717) is 96.6 Å². The van der Waals surface area contributed by atoms with Gasteiger partial charge in [-0.25, -0.2) is 91.0 Å². The zero-order chi connectivity index (χ0) is 105. The van der Waals surface area contributed by atoms with E-state index < -0.39 is 53.0 Å². The predicted molar refractivity (Wildman–Crippen MR) is 533 cm³/mol. The maximum atomic E-state index is 14.6. The first-order valence-corrected chi connectivity index (χ1v) is 45.3. The van der Waals surface area contributed by atoms with Crippen molar-refractivity contribution in [2.45, 2.75) is 119 Å². The van der Waals surface area contributed by atoms with Crippen LogP contribution in [0.25, 0.3) is 24.3 Å². The van der Waals surface area contributed by atoms with E-state index in [2.05, 4.69) is 101 Å². The van der Waals surface area contributed by atoms with Crippen LogP contribution in [0.3, 0.4) is 0 Å². The van der Waals surface area contributed by atoms with E-state index >= 15 is 0 Å². The van der Waals surface area contributed by atoms with Crippen molar-refractivity contribution in [1.82, 2.24) is 98.7 Å². The summed E-state index contributed by atoms with van der Waals surface area (Å²) in [6.45, 7) is 15.8. The first-order valence-electron chi connectivity index (χ1n) is 44.9. The number of methoxy groups -OCH3 is 8. The maximum Gasteiger partial charge on any atom is 0.338 e. The van der Waals surface area contributed by atoms with Crippen LogP contribution in [0.2, 0.25) is 5.28 Å². The van der Waals surface area contributed by atoms with Crippen molar-refractivity contribution in [1.29, 1.82) is 0 Å². The van der Waals surface area contributed by atoms with Gasteiger partial charge in [0.25, 0.3) is 0 Å². The van der Waals surface area contributed by atoms with Crippen molar-refractivity contribution in [2.24, 2.45) is 0 Å². The number of halogens is 6. The number of aromatic carboxylic acids is 1. The second kappa shape index (κ2) is 54.9. The van der Waals surface area contributed by atoms with E-state index in [4.69, 9.17) is 55.6 Å². The van der Waals surface area contributed by atoms with Crippen LogP contribution in [0, 0.1) is 29.1 Å². The van der Waals surface area contributed by atoms with Gasteiger partial charge in [0, 0.05) is 160 Å². The standard InChI is InChI=1S/C21H24FN5O2.C20H22FN5O3.C20H20FN5O3.C19H20FN5O3.C15H12ClFN2O3.C5H9N3/c1-4-18(28)16-8-15(20(22)19(9-16)29-3)7-6-14-10-23-21(24-11-14)26-17-12-25-27(5-2)13-17;2*1-4-26-12-16(11-24-26)25-20-22-9-13(10-23-20)5-6-14-7-15(19(27)29-3)8-17(28-2)18(14)21;1-3-25-11-15(10-23-25)24-19-21-8-12(9-22-19)4-5-13-6-14(18(26)27)7-16(28-2)17(13)20;1-21-12-6-11(14(20)22-2)5-10(13(12)17)4-3-9-7-18-15(16)19-8-9;1-2-8-4-5(6)3-7-8/h8-13H,4-7H2,1-3H3,(H,23,24,26);7-12H,4-6H2,1-3H3,(H,22,23,25);5-12H,4H2,1-3H3,(H,22,23,25);6-11H,3-5H2,1-2H3,(H,26,27)(H,21,22,24);3-8H,1-2H3;3-4H,2,6H2,1H3/b;;6-5+;;4-3+;. The van der Waals surface area contributed by atoms with E-state index in [9.17, 15) is 45.9 Å². The van der Waals surface area contributed by atoms with Gasteiger partial charge < -0.3 is 70.0 Å². The molecule has 0 atom stereocenters. The van der Waals surface area contributed by atoms with Gasteiger partial charge in [-0.15, -0.1) is 0 Å². The number of ketones is 1. The molecule has 0 unspecified atom stereocenters. The van der Waals surface area contributed by atoms with E-state index in [1.54, 1.807) is 135 Å². The van der Waals surface area contributed by atoms with Crippen LogP contribution < -0.4 is 50.7 Å². The Labute approximate surface area is 835 Å². The SMILES string of the molecule is CCC(=O)c1cc(CCc2cnc(Nc3cnn(CC)c3)nc2)c(F)c(OC)c1.CCn1cc(N)cn1.CCn1cc(Nc2ncc(/C=C/c3cc(C(=O)OC)cc(OC)c3F)cn2)cn1.CCn1cc(Nc2ncc(CCc3cc(C(=O)O)cc(OC)c3F)cn2)cn1.CCn1cc(Nc2ncc(CCc3cc(C(=O)OC)cc(OC)c3F)cn2)cn1.COC(=O)c1cc(/C=C/c2cnc(Cl)nc2)c(F)c(OC)c1. The molecule has 0 aliphatic carbocycles. The van der Waals surface area contributed by atoms with Crippen LogP contribution in [0.15, 0.2) is 185 Å². The van der Waals surface area contributed by atoms with E-state index in [1.165, 1.54) is 136 Å². The van der Waals surface area contributed by atoms with Gasteiger partial charge in [-0.2, -0.15) is 25.5 Å². The molecule has 15 rings (SSSR count). The number of benzene rings is 5. The highest BCUT2D eigenvalue weighted by atomic mass is 35.5. The summed E-state index contributed by atoms with van der Waals surface area (Å²) < 4.78 is 120. The zero-order valence-corrected chi connectivity index (χ0v) is 82.4. The lowest BCUT2D eigenvalue weighted by molar-refractivity contribution is 0.0591. The molecule has 0 amide bonds. The van der Waals surface area contributed by atoms with E-state index in [-0.39, 0.29) is 78.8 Å². The summed E-state index contributed by atoms with van der Waals surface area (Å²) in [5, 5.41) is 42.2. The Bertz CT molecular complexity index is 6730. The number of aryl methyl sites for hydroxylation is 11. The molecule has 10 heterocycles. The molecule has 0 spiro atoms. The summed E-state index contributed by atoms with van der Waals surface area (Å²) in [5.74, 6) is -3.86. The van der Waals surface area contributed by atoms with Crippen molar-refractivity contribution in [3.63, 3.8) is 0 Å². The van der Waals surface area contributed by atoms with Crippen molar-refractivity contribution < 1.29 is 88.9 Å². The minimum atomic E-state index is -1.13. The first-order chi connectivity index (χ1) is 70.0. The minimum absolute atomic E-state index is 0.00586. The number of carbonyl (C=O) groups excluding carboxylic acids is 4. The smallest absolute Gasteiger partial charge is 0.338 e. The van der Waals surface area contributed by atoms with Crippen LogP contribution in [-0.4, -0.2) is 190 Å². The number of carboxylic acids is 1. The molecule has 10 aromatic heterocycles. The highest BCUT2D eigenvalue weighted by molar-refractivity contribution is 6.28. The molecule has 45 heteroatoms. The van der Waals surface area contributed by atoms with Gasteiger partial charge in [0.15, 0.2) is 63.6 Å². The van der Waals surface area contributed by atoms with Crippen molar-refractivity contribution in [3.05, 3.63) is 302 Å². The monoisotopic (exact) mass is 2010 g/mol. The molecule has 0 saturated carbocycles. The Morgan fingerprint density at radius 2 is 0.607 bits per heavy atom. The molecule has 5 aromatic carbocycles. The molecule has 39 nitrogen and oxygen atoms in total. The van der Waals surface area contributed by atoms with Gasteiger partial charge >= 0.3 is 23.9 Å². The van der Waals surface area contributed by atoms with E-state index in [0.717, 1.165) is 77.9 Å². The normalized spacial score (nSPS) is 10.7. The quantitative estimate of drug-likeness (QED) is 0.00692. The third-order valence-corrected chi connectivity index (χ3v) is 21.1. The number of hydrogen-bond donors (Lipinski definition) is 6. The molecule has 0 aliphatic heterocycles. The van der Waals surface area contributed by atoms with Crippen molar-refractivity contribution >= 4 is 118 Å². The maximum absolute atomic E-state index is 14.6. The fourth-order valence-corrected chi connectivity index (χ4v) is 13.3. The predicted octanol–water partition coefficient (Wildman–Crippen LogP) is 17.4. The summed E-state index contributed by atoms with van der Waals surface area (Å²) in [7, 11) is 10.5. The third-order valence-electron chi connectivity index (χ3n) is 20.9. The van der Waals surface area contributed by atoms with Crippen LogP contribution >= 0.6 is 11.6 Å². The van der Waals surface area contributed by atoms with Crippen molar-refractivity contribution in [3.8, 4) is 28.7 Å². The number of nitrogens with two attached hydrogens (primary N) is 1. The summed E-state index contributed by atoms with van der Waals surface area (Å²) in [6.07, 6.45) is 43.0. The van der Waals surface area contributed by atoms with Gasteiger partial charge in [0.2, 0.25) is 29.1 Å². The van der Waals surface area contributed by atoms with Crippen LogP contribution in [0.4, 0.5) is 74.2 Å². The molecule has 0 saturated heterocycles. The molecule has 0 radical (unpaired) electrons. The van der Waals surface area contributed by atoms with E-state index in [1.807, 2.05) is 59.4 Å².